The van der Waals surface area contributed by atoms with E-state index in [0.717, 1.165) is 26.7 Å². The minimum Gasteiger partial charge on any atom is -0.399 e. The lowest BCUT2D eigenvalue weighted by Gasteiger charge is -1.97. The zero-order valence-electron chi connectivity index (χ0n) is 17.1. The van der Waals surface area contributed by atoms with Crippen molar-refractivity contribution in [2.24, 2.45) is 5.73 Å². The molecule has 0 saturated heterocycles. The number of nitrogens with two attached hydrogens (primary N) is 1. The van der Waals surface area contributed by atoms with Crippen molar-refractivity contribution < 1.29 is 4.79 Å². The Bertz CT molecular complexity index is 933. The fraction of sp³-hybridized carbons (Fsp3) is 0.217. The van der Waals surface area contributed by atoms with Crippen LogP contribution in [0.3, 0.4) is 0 Å². The van der Waals surface area contributed by atoms with Crippen LogP contribution < -0.4 is 5.73 Å². The van der Waals surface area contributed by atoms with Gasteiger partial charge in [0.2, 0.25) is 0 Å². The van der Waals surface area contributed by atoms with Crippen molar-refractivity contribution in [3.63, 3.8) is 0 Å². The lowest BCUT2D eigenvalue weighted by molar-refractivity contribution is 0.102. The number of carbonyl (C=O) groups excluding carboxylic acids is 1. The second kappa shape index (κ2) is 12.4. The van der Waals surface area contributed by atoms with Crippen molar-refractivity contribution >= 4 is 46.0 Å². The third-order valence-electron chi connectivity index (χ3n) is 3.42. The molecule has 0 spiro atoms. The molecular formula is C23H26Cl2N2OS. The Kier molecular flexibility index (Phi) is 10.7. The molecule has 0 aliphatic carbocycles. The number of Topliss-reactive ketones (excluding diaryl/α,β-unsaturated/α-hetero) is 1. The van der Waals surface area contributed by atoms with Crippen LogP contribution in [0.1, 0.15) is 48.1 Å². The van der Waals surface area contributed by atoms with Gasteiger partial charge in [0, 0.05) is 28.2 Å². The smallest absolute Gasteiger partial charge is 0.171 e. The summed E-state index contributed by atoms with van der Waals surface area (Å²) >= 11 is 12.9. The van der Waals surface area contributed by atoms with Gasteiger partial charge >= 0.3 is 0 Å². The number of nitrogens with zero attached hydrogens (tertiary/aromatic N) is 1. The van der Waals surface area contributed by atoms with Gasteiger partial charge in [0.15, 0.2) is 5.78 Å². The average molecular weight is 449 g/mol. The molecule has 1 heterocycles. The van der Waals surface area contributed by atoms with Crippen molar-refractivity contribution in [3.05, 3.63) is 81.3 Å². The van der Waals surface area contributed by atoms with Crippen LogP contribution in [0.2, 0.25) is 10.0 Å². The van der Waals surface area contributed by atoms with Crippen molar-refractivity contribution in [2.45, 2.75) is 34.1 Å². The van der Waals surface area contributed by atoms with Crippen molar-refractivity contribution in [2.75, 3.05) is 0 Å². The molecule has 0 aliphatic heterocycles. The highest BCUT2D eigenvalue weighted by atomic mass is 35.5. The number of aromatic nitrogens is 1. The Morgan fingerprint density at radius 1 is 1.03 bits per heavy atom. The van der Waals surface area contributed by atoms with Crippen LogP contribution in [-0.2, 0) is 0 Å². The van der Waals surface area contributed by atoms with E-state index in [2.05, 4.69) is 25.4 Å². The molecule has 2 N–H and O–H groups in total. The SMILES string of the molecule is C=C(N)c1ccc(Cl)cc1.CC(=O)c1sc(-c2ccc(Cl)cc2)nc1C.CCC. The molecule has 0 radical (unpaired) electrons. The van der Waals surface area contributed by atoms with E-state index >= 15 is 0 Å². The van der Waals surface area contributed by atoms with E-state index in [-0.39, 0.29) is 5.78 Å². The Morgan fingerprint density at radius 3 is 1.86 bits per heavy atom. The minimum atomic E-state index is 0.0650. The molecule has 3 nitrogen and oxygen atoms in total. The fourth-order valence-corrected chi connectivity index (χ4v) is 3.32. The number of aryl methyl sites for hydroxylation is 1. The van der Waals surface area contributed by atoms with Gasteiger partial charge in [-0.05, 0) is 36.8 Å². The van der Waals surface area contributed by atoms with Crippen molar-refractivity contribution in [1.29, 1.82) is 0 Å². The second-order valence-electron chi connectivity index (χ2n) is 6.24. The van der Waals surface area contributed by atoms with Gasteiger partial charge in [0.05, 0.1) is 10.6 Å². The average Bonchev–Trinajstić information content (AvgIpc) is 3.06. The van der Waals surface area contributed by atoms with Crippen LogP contribution in [0.25, 0.3) is 16.3 Å². The Morgan fingerprint density at radius 2 is 1.48 bits per heavy atom. The Balaban J connectivity index is 0.000000277. The van der Waals surface area contributed by atoms with E-state index < -0.39 is 0 Å². The summed E-state index contributed by atoms with van der Waals surface area (Å²) < 4.78 is 0. The van der Waals surface area contributed by atoms with Crippen LogP contribution in [0.4, 0.5) is 0 Å². The zero-order valence-corrected chi connectivity index (χ0v) is 19.5. The van der Waals surface area contributed by atoms with E-state index in [1.54, 1.807) is 19.1 Å². The van der Waals surface area contributed by atoms with Gasteiger partial charge in [0.1, 0.15) is 5.01 Å². The first-order valence-corrected chi connectivity index (χ1v) is 10.7. The highest BCUT2D eigenvalue weighted by Crippen LogP contribution is 2.28. The number of thiazole rings is 1. The number of hydrogen-bond acceptors (Lipinski definition) is 4. The molecule has 154 valence electrons. The molecule has 3 aromatic rings. The second-order valence-corrected chi connectivity index (χ2v) is 8.11. The molecule has 0 atom stereocenters. The first-order chi connectivity index (χ1) is 13.7. The molecule has 0 unspecified atom stereocenters. The molecule has 6 heteroatoms. The summed E-state index contributed by atoms with van der Waals surface area (Å²) in [5.41, 5.74) is 8.70. The summed E-state index contributed by atoms with van der Waals surface area (Å²) in [5.74, 6) is 0.0650. The predicted molar refractivity (Wildman–Crippen MR) is 128 cm³/mol. The van der Waals surface area contributed by atoms with Crippen molar-refractivity contribution in [3.8, 4) is 10.6 Å². The van der Waals surface area contributed by atoms with Crippen LogP contribution in [-0.4, -0.2) is 10.8 Å². The van der Waals surface area contributed by atoms with Gasteiger partial charge in [-0.1, -0.05) is 74.3 Å². The van der Waals surface area contributed by atoms with E-state index in [9.17, 15) is 4.79 Å². The molecule has 1 aromatic heterocycles. The summed E-state index contributed by atoms with van der Waals surface area (Å²) in [5, 5.41) is 2.27. The first-order valence-electron chi connectivity index (χ1n) is 9.14. The molecule has 0 bridgehead atoms. The maximum Gasteiger partial charge on any atom is 0.171 e. The predicted octanol–water partition coefficient (Wildman–Crippen LogP) is 7.66. The minimum absolute atomic E-state index is 0.0650. The van der Waals surface area contributed by atoms with Gasteiger partial charge in [-0.3, -0.25) is 4.79 Å². The zero-order chi connectivity index (χ0) is 22.0. The molecule has 0 saturated carbocycles. The summed E-state index contributed by atoms with van der Waals surface area (Å²) in [6.07, 6.45) is 1.25. The maximum absolute atomic E-state index is 11.3. The van der Waals surface area contributed by atoms with Gasteiger partial charge < -0.3 is 5.73 Å². The molecule has 0 aliphatic rings. The van der Waals surface area contributed by atoms with E-state index in [4.69, 9.17) is 28.9 Å². The molecule has 0 fully saturated rings. The number of rotatable bonds is 3. The lowest BCUT2D eigenvalue weighted by atomic mass is 10.2. The Labute approximate surface area is 187 Å². The number of carbonyl (C=O) groups is 1. The van der Waals surface area contributed by atoms with Crippen LogP contribution in [0.15, 0.2) is 55.1 Å². The Hall–Kier alpha value is -2.14. The standard InChI is InChI=1S/C12H10ClNOS.C8H8ClN.C3H8/c1-7-11(8(2)15)16-12(14-7)9-3-5-10(13)6-4-9;1-6(10)7-2-4-8(9)5-3-7;1-3-2/h3-6H,1-2H3;2-5H,1,10H2;3H2,1-2H3. The third-order valence-corrected chi connectivity index (χ3v) is 5.23. The quantitative estimate of drug-likeness (QED) is 0.418. The van der Waals surface area contributed by atoms with E-state index in [1.165, 1.54) is 17.8 Å². The highest BCUT2D eigenvalue weighted by Gasteiger charge is 2.12. The molecule has 2 aromatic carbocycles. The van der Waals surface area contributed by atoms with Gasteiger partial charge in [-0.25, -0.2) is 4.98 Å². The topological polar surface area (TPSA) is 56.0 Å². The monoisotopic (exact) mass is 448 g/mol. The highest BCUT2D eigenvalue weighted by molar-refractivity contribution is 7.17. The molecule has 29 heavy (non-hydrogen) atoms. The first kappa shape index (κ1) is 24.9. The van der Waals surface area contributed by atoms with Crippen LogP contribution in [0.5, 0.6) is 0 Å². The van der Waals surface area contributed by atoms with Crippen molar-refractivity contribution in [1.82, 2.24) is 4.98 Å². The normalized spacial score (nSPS) is 9.59. The summed E-state index contributed by atoms with van der Waals surface area (Å²) in [6, 6.07) is 14.7. The van der Waals surface area contributed by atoms with Gasteiger partial charge in [-0.15, -0.1) is 11.3 Å². The maximum atomic E-state index is 11.3. The molecule has 0 amide bonds. The number of halogens is 2. The van der Waals surface area contributed by atoms with Crippen LogP contribution >= 0.6 is 34.5 Å². The summed E-state index contributed by atoms with van der Waals surface area (Å²) in [7, 11) is 0. The fourth-order valence-electron chi connectivity index (χ4n) is 2.10. The summed E-state index contributed by atoms with van der Waals surface area (Å²) in [4.78, 5) is 16.4. The lowest BCUT2D eigenvalue weighted by Crippen LogP contribution is -1.92. The van der Waals surface area contributed by atoms with Gasteiger partial charge in [0.25, 0.3) is 0 Å². The third kappa shape index (κ3) is 8.40. The largest absolute Gasteiger partial charge is 0.399 e. The van der Waals surface area contributed by atoms with Gasteiger partial charge in [-0.2, -0.15) is 0 Å². The number of ketones is 1. The molecule has 3 rings (SSSR count). The van der Waals surface area contributed by atoms with E-state index in [0.29, 0.717) is 15.7 Å². The van der Waals surface area contributed by atoms with Crippen LogP contribution in [0, 0.1) is 6.92 Å². The molecular weight excluding hydrogens is 423 g/mol. The summed E-state index contributed by atoms with van der Waals surface area (Å²) in [6.45, 7) is 11.3. The van der Waals surface area contributed by atoms with E-state index in [1.807, 2.05) is 43.3 Å². The number of hydrogen-bond donors (Lipinski definition) is 1. The number of benzene rings is 2.